The summed E-state index contributed by atoms with van der Waals surface area (Å²) in [5, 5.41) is 7.27. The Bertz CT molecular complexity index is 1100. The van der Waals surface area contributed by atoms with Gasteiger partial charge in [0.1, 0.15) is 11.6 Å². The number of amides is 3. The summed E-state index contributed by atoms with van der Waals surface area (Å²) in [5.41, 5.74) is 1.56. The molecule has 0 atom stereocenters. The van der Waals surface area contributed by atoms with Gasteiger partial charge in [0.15, 0.2) is 5.13 Å². The molecular weight excluding hydrogens is 436 g/mol. The summed E-state index contributed by atoms with van der Waals surface area (Å²) in [6.45, 7) is 2.12. The van der Waals surface area contributed by atoms with Crippen molar-refractivity contribution in [1.29, 1.82) is 0 Å². The van der Waals surface area contributed by atoms with Gasteiger partial charge >= 0.3 is 6.03 Å². The lowest BCUT2D eigenvalue weighted by Crippen LogP contribution is -2.49. The number of carbonyl (C=O) groups is 2. The number of nitrogens with zero attached hydrogens (tertiary/aromatic N) is 3. The lowest BCUT2D eigenvalue weighted by Gasteiger charge is -2.36. The van der Waals surface area contributed by atoms with Crippen molar-refractivity contribution in [2.45, 2.75) is 6.42 Å². The van der Waals surface area contributed by atoms with Gasteiger partial charge in [-0.15, -0.1) is 11.3 Å². The Morgan fingerprint density at radius 2 is 1.69 bits per heavy atom. The van der Waals surface area contributed by atoms with Crippen LogP contribution < -0.4 is 15.5 Å². The fraction of sp³-hybridized carbons (Fsp3) is 0.227. The van der Waals surface area contributed by atoms with Crippen LogP contribution in [0.1, 0.15) is 5.69 Å². The summed E-state index contributed by atoms with van der Waals surface area (Å²) in [7, 11) is 0. The van der Waals surface area contributed by atoms with Gasteiger partial charge in [-0.1, -0.05) is 12.1 Å². The van der Waals surface area contributed by atoms with Crippen LogP contribution in [-0.4, -0.2) is 48.0 Å². The first-order valence-corrected chi connectivity index (χ1v) is 10.9. The van der Waals surface area contributed by atoms with E-state index in [2.05, 4.69) is 15.6 Å². The molecule has 10 heteroatoms. The predicted molar refractivity (Wildman–Crippen MR) is 120 cm³/mol. The third-order valence-electron chi connectivity index (χ3n) is 5.03. The topological polar surface area (TPSA) is 77.6 Å². The van der Waals surface area contributed by atoms with Gasteiger partial charge in [0, 0.05) is 37.2 Å². The first kappa shape index (κ1) is 21.7. The second kappa shape index (κ2) is 9.73. The molecule has 3 aromatic rings. The predicted octanol–water partition coefficient (Wildman–Crippen LogP) is 3.96. The number of para-hydroxylation sites is 1. The molecule has 3 amide bonds. The zero-order valence-corrected chi connectivity index (χ0v) is 17.9. The first-order chi connectivity index (χ1) is 15.5. The molecule has 4 rings (SSSR count). The maximum Gasteiger partial charge on any atom is 0.325 e. The summed E-state index contributed by atoms with van der Waals surface area (Å²) in [4.78, 5) is 32.7. The quantitative estimate of drug-likeness (QED) is 0.608. The monoisotopic (exact) mass is 457 g/mol. The average Bonchev–Trinajstić information content (AvgIpc) is 3.22. The molecule has 7 nitrogen and oxygen atoms in total. The van der Waals surface area contributed by atoms with Crippen LogP contribution in [-0.2, 0) is 11.2 Å². The van der Waals surface area contributed by atoms with E-state index >= 15 is 0 Å². The van der Waals surface area contributed by atoms with Crippen molar-refractivity contribution in [3.05, 3.63) is 71.2 Å². The van der Waals surface area contributed by atoms with E-state index in [4.69, 9.17) is 0 Å². The minimum atomic E-state index is -0.506. The molecule has 1 aliphatic heterocycles. The van der Waals surface area contributed by atoms with Crippen LogP contribution >= 0.6 is 11.3 Å². The smallest absolute Gasteiger partial charge is 0.325 e. The molecule has 32 heavy (non-hydrogen) atoms. The number of rotatable bonds is 5. The molecule has 1 saturated heterocycles. The van der Waals surface area contributed by atoms with Crippen molar-refractivity contribution in [1.82, 2.24) is 9.88 Å². The van der Waals surface area contributed by atoms with E-state index in [0.717, 1.165) is 0 Å². The second-order valence-corrected chi connectivity index (χ2v) is 8.08. The normalized spacial score (nSPS) is 13.7. The summed E-state index contributed by atoms with van der Waals surface area (Å²) < 4.78 is 26.9. The number of anilines is 3. The largest absolute Gasteiger partial charge is 0.366 e. The SMILES string of the molecule is O=C(Nc1ccc(F)cc1)Nc1nc(CC(=O)N2CCN(c3ccccc3F)CC2)cs1. The molecule has 1 aromatic heterocycles. The summed E-state index contributed by atoms with van der Waals surface area (Å²) in [5.74, 6) is -0.720. The van der Waals surface area contributed by atoms with E-state index in [1.807, 2.05) is 4.90 Å². The number of aromatic nitrogens is 1. The third kappa shape index (κ3) is 5.38. The Morgan fingerprint density at radius 3 is 2.41 bits per heavy atom. The molecule has 0 spiro atoms. The van der Waals surface area contributed by atoms with Gasteiger partial charge < -0.3 is 15.1 Å². The summed E-state index contributed by atoms with van der Waals surface area (Å²) in [6.07, 6.45) is 0.122. The number of piperazine rings is 1. The molecule has 2 N–H and O–H groups in total. The van der Waals surface area contributed by atoms with E-state index in [9.17, 15) is 18.4 Å². The Kier molecular flexibility index (Phi) is 6.60. The fourth-order valence-electron chi connectivity index (χ4n) is 3.41. The number of thiazole rings is 1. The lowest BCUT2D eigenvalue weighted by molar-refractivity contribution is -0.130. The first-order valence-electron chi connectivity index (χ1n) is 10.0. The number of hydrogen-bond acceptors (Lipinski definition) is 5. The van der Waals surface area contributed by atoms with Gasteiger partial charge in [0.25, 0.3) is 0 Å². The molecule has 0 saturated carbocycles. The molecule has 1 fully saturated rings. The number of hydrogen-bond donors (Lipinski definition) is 2. The maximum absolute atomic E-state index is 14.0. The van der Waals surface area contributed by atoms with Gasteiger partial charge in [0.2, 0.25) is 5.91 Å². The zero-order valence-electron chi connectivity index (χ0n) is 17.1. The Morgan fingerprint density at radius 1 is 0.969 bits per heavy atom. The maximum atomic E-state index is 14.0. The molecule has 0 aliphatic carbocycles. The van der Waals surface area contributed by atoms with Crippen LogP contribution in [0.25, 0.3) is 0 Å². The van der Waals surface area contributed by atoms with Crippen LogP contribution in [0.4, 0.5) is 30.1 Å². The molecule has 2 aromatic carbocycles. The fourth-order valence-corrected chi connectivity index (χ4v) is 4.12. The lowest BCUT2D eigenvalue weighted by atomic mass is 10.2. The van der Waals surface area contributed by atoms with Crippen LogP contribution in [0.15, 0.2) is 53.9 Å². The van der Waals surface area contributed by atoms with E-state index in [1.54, 1.807) is 28.5 Å². The van der Waals surface area contributed by atoms with Crippen molar-refractivity contribution in [2.75, 3.05) is 41.7 Å². The molecule has 1 aliphatic rings. The van der Waals surface area contributed by atoms with Crippen LogP contribution in [0.5, 0.6) is 0 Å². The van der Waals surface area contributed by atoms with Gasteiger partial charge in [-0.2, -0.15) is 0 Å². The van der Waals surface area contributed by atoms with Crippen LogP contribution in [0, 0.1) is 11.6 Å². The standard InChI is InChI=1S/C22H21F2N5O2S/c23-15-5-7-16(8-6-15)25-21(31)27-22-26-17(14-32-22)13-20(30)29-11-9-28(10-12-29)19-4-2-1-3-18(19)24/h1-8,14H,9-13H2,(H2,25,26,27,31). The van der Waals surface area contributed by atoms with Crippen LogP contribution in [0.3, 0.4) is 0 Å². The Hall–Kier alpha value is -3.53. The second-order valence-electron chi connectivity index (χ2n) is 7.23. The Labute approximate surface area is 187 Å². The zero-order chi connectivity index (χ0) is 22.5. The molecule has 0 unspecified atom stereocenters. The summed E-state index contributed by atoms with van der Waals surface area (Å²) in [6, 6.07) is 11.5. The van der Waals surface area contributed by atoms with E-state index < -0.39 is 6.03 Å². The van der Waals surface area contributed by atoms with Gasteiger partial charge in [-0.05, 0) is 36.4 Å². The van der Waals surface area contributed by atoms with E-state index in [1.165, 1.54) is 41.7 Å². The highest BCUT2D eigenvalue weighted by molar-refractivity contribution is 7.14. The minimum Gasteiger partial charge on any atom is -0.366 e. The number of carbonyl (C=O) groups excluding carboxylic acids is 2. The van der Waals surface area contributed by atoms with Gasteiger partial charge in [-0.3, -0.25) is 10.1 Å². The van der Waals surface area contributed by atoms with Crippen molar-refractivity contribution in [3.8, 4) is 0 Å². The van der Waals surface area contributed by atoms with Gasteiger partial charge in [-0.25, -0.2) is 18.6 Å². The highest BCUT2D eigenvalue weighted by Crippen LogP contribution is 2.21. The molecular formula is C22H21F2N5O2S. The Balaban J connectivity index is 1.26. The number of halogens is 2. The number of urea groups is 1. The van der Waals surface area contributed by atoms with Crippen LogP contribution in [0.2, 0.25) is 0 Å². The number of benzene rings is 2. The minimum absolute atomic E-state index is 0.0641. The van der Waals surface area contributed by atoms with Crippen molar-refractivity contribution >= 4 is 39.8 Å². The van der Waals surface area contributed by atoms with Crippen molar-refractivity contribution < 1.29 is 18.4 Å². The highest BCUT2D eigenvalue weighted by Gasteiger charge is 2.23. The molecule has 166 valence electrons. The third-order valence-corrected chi connectivity index (χ3v) is 5.84. The molecule has 0 radical (unpaired) electrons. The summed E-state index contributed by atoms with van der Waals surface area (Å²) >= 11 is 1.22. The van der Waals surface area contributed by atoms with E-state index in [-0.39, 0.29) is 24.0 Å². The highest BCUT2D eigenvalue weighted by atomic mass is 32.1. The molecule has 0 bridgehead atoms. The van der Waals surface area contributed by atoms with E-state index in [0.29, 0.717) is 48.4 Å². The average molecular weight is 458 g/mol. The van der Waals surface area contributed by atoms with Crippen molar-refractivity contribution in [3.63, 3.8) is 0 Å². The number of nitrogens with one attached hydrogen (secondary N) is 2. The van der Waals surface area contributed by atoms with Crippen molar-refractivity contribution in [2.24, 2.45) is 0 Å². The van der Waals surface area contributed by atoms with Gasteiger partial charge in [0.05, 0.1) is 17.8 Å². The molecule has 2 heterocycles.